The number of rotatable bonds is 2. The average molecular weight is 300 g/mol. The van der Waals surface area contributed by atoms with E-state index in [0.29, 0.717) is 0 Å². The van der Waals surface area contributed by atoms with Crippen LogP contribution in [0.25, 0.3) is 0 Å². The minimum atomic E-state index is -4.59. The zero-order valence-electron chi connectivity index (χ0n) is 11.2. The molecule has 1 aromatic carbocycles. The number of carbonyl (C=O) groups is 2. The third-order valence-corrected chi connectivity index (χ3v) is 3.38. The topological polar surface area (TPSA) is 58.2 Å². The standard InChI is InChI=1S/C14H15F3N2O2/c15-14(16,17)10-7-3-4-8-11(10)19-13(21)12(20)18-9-5-1-2-6-9/h3-4,7-9H,1-2,5-6H2,(H,18,20)(H,19,21). The Balaban J connectivity index is 2.04. The lowest BCUT2D eigenvalue weighted by Gasteiger charge is -2.14. The summed E-state index contributed by atoms with van der Waals surface area (Å²) in [5.74, 6) is -1.99. The highest BCUT2D eigenvalue weighted by Gasteiger charge is 2.34. The molecule has 0 spiro atoms. The van der Waals surface area contributed by atoms with Crippen LogP contribution >= 0.6 is 0 Å². The molecule has 1 aliphatic rings. The van der Waals surface area contributed by atoms with Gasteiger partial charge in [0.2, 0.25) is 0 Å². The summed E-state index contributed by atoms with van der Waals surface area (Å²) in [4.78, 5) is 23.3. The lowest BCUT2D eigenvalue weighted by atomic mass is 10.1. The van der Waals surface area contributed by atoms with E-state index >= 15 is 0 Å². The Labute approximate surface area is 119 Å². The molecule has 4 nitrogen and oxygen atoms in total. The molecule has 1 saturated carbocycles. The van der Waals surface area contributed by atoms with Crippen molar-refractivity contribution in [2.75, 3.05) is 5.32 Å². The van der Waals surface area contributed by atoms with Gasteiger partial charge in [-0.05, 0) is 25.0 Å². The number of anilines is 1. The van der Waals surface area contributed by atoms with Crippen LogP contribution in [0.5, 0.6) is 0 Å². The molecule has 0 radical (unpaired) electrons. The number of amides is 2. The lowest BCUT2D eigenvalue weighted by Crippen LogP contribution is -2.40. The summed E-state index contributed by atoms with van der Waals surface area (Å²) < 4.78 is 38.3. The zero-order valence-corrected chi connectivity index (χ0v) is 11.2. The summed E-state index contributed by atoms with van der Waals surface area (Å²) in [7, 11) is 0. The fraction of sp³-hybridized carbons (Fsp3) is 0.429. The molecule has 7 heteroatoms. The van der Waals surface area contributed by atoms with Crippen LogP contribution in [0, 0.1) is 0 Å². The number of halogens is 3. The highest BCUT2D eigenvalue weighted by molar-refractivity contribution is 6.39. The van der Waals surface area contributed by atoms with Crippen LogP contribution in [0.15, 0.2) is 24.3 Å². The summed E-state index contributed by atoms with van der Waals surface area (Å²) in [6.07, 6.45) is -1.06. The highest BCUT2D eigenvalue weighted by Crippen LogP contribution is 2.34. The summed E-state index contributed by atoms with van der Waals surface area (Å²) in [6.45, 7) is 0. The second kappa shape index (κ2) is 6.15. The van der Waals surface area contributed by atoms with Gasteiger partial charge in [0.15, 0.2) is 0 Å². The summed E-state index contributed by atoms with van der Waals surface area (Å²) in [5, 5.41) is 4.54. The Morgan fingerprint density at radius 1 is 1.05 bits per heavy atom. The fourth-order valence-corrected chi connectivity index (χ4v) is 2.34. The predicted octanol–water partition coefficient (Wildman–Crippen LogP) is 2.70. The molecule has 21 heavy (non-hydrogen) atoms. The Bertz CT molecular complexity index is 537. The molecule has 2 amide bonds. The minimum absolute atomic E-state index is 0.0684. The van der Waals surface area contributed by atoms with E-state index in [0.717, 1.165) is 37.8 Å². The molecule has 0 saturated heterocycles. The van der Waals surface area contributed by atoms with E-state index in [4.69, 9.17) is 0 Å². The van der Waals surface area contributed by atoms with Crippen LogP contribution in [0.1, 0.15) is 31.2 Å². The number of hydrogen-bond donors (Lipinski definition) is 2. The number of nitrogens with one attached hydrogen (secondary N) is 2. The van der Waals surface area contributed by atoms with Crippen LogP contribution < -0.4 is 10.6 Å². The second-order valence-electron chi connectivity index (χ2n) is 4.95. The lowest BCUT2D eigenvalue weighted by molar-refractivity contribution is -0.138. The third kappa shape index (κ3) is 3.96. The first-order valence-corrected chi connectivity index (χ1v) is 6.66. The zero-order chi connectivity index (χ0) is 15.5. The fourth-order valence-electron chi connectivity index (χ4n) is 2.34. The molecule has 114 valence electrons. The Morgan fingerprint density at radius 2 is 1.67 bits per heavy atom. The molecule has 1 aliphatic carbocycles. The van der Waals surface area contributed by atoms with Gasteiger partial charge in [0.05, 0.1) is 11.3 Å². The van der Waals surface area contributed by atoms with E-state index in [2.05, 4.69) is 5.32 Å². The van der Waals surface area contributed by atoms with Crippen molar-refractivity contribution in [2.45, 2.75) is 37.9 Å². The molecule has 0 atom stereocenters. The van der Waals surface area contributed by atoms with Crippen LogP contribution in [-0.2, 0) is 15.8 Å². The number of para-hydroxylation sites is 1. The maximum atomic E-state index is 12.8. The van der Waals surface area contributed by atoms with E-state index in [1.54, 1.807) is 0 Å². The summed E-state index contributed by atoms with van der Waals surface area (Å²) in [5.41, 5.74) is -1.40. The van der Waals surface area contributed by atoms with Crippen molar-refractivity contribution in [3.05, 3.63) is 29.8 Å². The van der Waals surface area contributed by atoms with Gasteiger partial charge in [-0.3, -0.25) is 9.59 Å². The molecule has 1 fully saturated rings. The number of alkyl halides is 3. The third-order valence-electron chi connectivity index (χ3n) is 3.38. The first kappa shape index (κ1) is 15.3. The quantitative estimate of drug-likeness (QED) is 0.825. The van der Waals surface area contributed by atoms with Gasteiger partial charge in [0, 0.05) is 6.04 Å². The molecule has 1 aromatic rings. The maximum Gasteiger partial charge on any atom is 0.418 e. The normalized spacial score (nSPS) is 15.8. The van der Waals surface area contributed by atoms with Crippen LogP contribution in [0.4, 0.5) is 18.9 Å². The highest BCUT2D eigenvalue weighted by atomic mass is 19.4. The van der Waals surface area contributed by atoms with Gasteiger partial charge in [-0.15, -0.1) is 0 Å². The van der Waals surface area contributed by atoms with Crippen LogP contribution in [-0.4, -0.2) is 17.9 Å². The predicted molar refractivity (Wildman–Crippen MR) is 70.5 cm³/mol. The Kier molecular flexibility index (Phi) is 4.50. The van der Waals surface area contributed by atoms with Crippen molar-refractivity contribution < 1.29 is 22.8 Å². The average Bonchev–Trinajstić information content (AvgIpc) is 2.91. The van der Waals surface area contributed by atoms with Gasteiger partial charge in [0.1, 0.15) is 0 Å². The maximum absolute atomic E-state index is 12.8. The van der Waals surface area contributed by atoms with Crippen molar-refractivity contribution in [1.29, 1.82) is 0 Å². The number of benzene rings is 1. The number of carbonyl (C=O) groups excluding carboxylic acids is 2. The first-order valence-electron chi connectivity index (χ1n) is 6.66. The van der Waals surface area contributed by atoms with Gasteiger partial charge in [-0.1, -0.05) is 25.0 Å². The number of hydrogen-bond acceptors (Lipinski definition) is 2. The van der Waals surface area contributed by atoms with Crippen molar-refractivity contribution in [3.63, 3.8) is 0 Å². The van der Waals surface area contributed by atoms with Gasteiger partial charge in [-0.25, -0.2) is 0 Å². The van der Waals surface area contributed by atoms with E-state index in [-0.39, 0.29) is 6.04 Å². The Morgan fingerprint density at radius 3 is 2.29 bits per heavy atom. The largest absolute Gasteiger partial charge is 0.418 e. The summed E-state index contributed by atoms with van der Waals surface area (Å²) in [6, 6.07) is 4.48. The van der Waals surface area contributed by atoms with Crippen LogP contribution in [0.3, 0.4) is 0 Å². The van der Waals surface area contributed by atoms with E-state index in [1.807, 2.05) is 5.32 Å². The van der Waals surface area contributed by atoms with E-state index in [9.17, 15) is 22.8 Å². The van der Waals surface area contributed by atoms with Gasteiger partial charge in [-0.2, -0.15) is 13.2 Å². The molecule has 0 unspecified atom stereocenters. The molecular formula is C14H15F3N2O2. The van der Waals surface area contributed by atoms with Crippen molar-refractivity contribution in [2.24, 2.45) is 0 Å². The Hall–Kier alpha value is -2.05. The van der Waals surface area contributed by atoms with Gasteiger partial charge >= 0.3 is 18.0 Å². The molecule has 2 rings (SSSR count). The van der Waals surface area contributed by atoms with Crippen molar-refractivity contribution in [1.82, 2.24) is 5.32 Å². The van der Waals surface area contributed by atoms with Crippen LogP contribution in [0.2, 0.25) is 0 Å². The summed E-state index contributed by atoms with van der Waals surface area (Å²) >= 11 is 0. The SMILES string of the molecule is O=C(Nc1ccccc1C(F)(F)F)C(=O)NC1CCCC1. The molecule has 2 N–H and O–H groups in total. The minimum Gasteiger partial charge on any atom is -0.345 e. The molecule has 0 heterocycles. The molecule has 0 aliphatic heterocycles. The van der Waals surface area contributed by atoms with Crippen molar-refractivity contribution in [3.8, 4) is 0 Å². The van der Waals surface area contributed by atoms with E-state index in [1.165, 1.54) is 12.1 Å². The van der Waals surface area contributed by atoms with Crippen molar-refractivity contribution >= 4 is 17.5 Å². The first-order chi connectivity index (χ1) is 9.88. The smallest absolute Gasteiger partial charge is 0.345 e. The molecule has 0 bridgehead atoms. The van der Waals surface area contributed by atoms with Gasteiger partial charge < -0.3 is 10.6 Å². The van der Waals surface area contributed by atoms with E-state index < -0.39 is 29.2 Å². The second-order valence-corrected chi connectivity index (χ2v) is 4.95. The monoisotopic (exact) mass is 300 g/mol. The molecular weight excluding hydrogens is 285 g/mol. The van der Waals surface area contributed by atoms with Gasteiger partial charge in [0.25, 0.3) is 0 Å². The molecule has 0 aromatic heterocycles.